The highest BCUT2D eigenvalue weighted by Gasteiger charge is 2.18. The van der Waals surface area contributed by atoms with Gasteiger partial charge < -0.3 is 15.1 Å². The van der Waals surface area contributed by atoms with E-state index in [1.54, 1.807) is 26.0 Å². The first-order valence-electron chi connectivity index (χ1n) is 9.51. The molecule has 4 aromatic rings. The molecule has 0 bridgehead atoms. The van der Waals surface area contributed by atoms with Crippen LogP contribution < -0.4 is 10.6 Å². The summed E-state index contributed by atoms with van der Waals surface area (Å²) in [5, 5.41) is 5.76. The monoisotopic (exact) mass is 453 g/mol. The zero-order valence-corrected chi connectivity index (χ0v) is 17.8. The third kappa shape index (κ3) is 4.42. The fraction of sp³-hybridized carbons (Fsp3) is 0.0870. The van der Waals surface area contributed by atoms with Crippen molar-refractivity contribution in [1.29, 1.82) is 0 Å². The molecule has 32 heavy (non-hydrogen) atoms. The second-order valence-electron chi connectivity index (χ2n) is 6.93. The normalized spacial score (nSPS) is 10.8. The Morgan fingerprint density at radius 1 is 0.969 bits per heavy atom. The largest absolute Gasteiger partial charge is 0.469 e. The Kier molecular flexibility index (Phi) is 5.83. The predicted octanol–water partition coefficient (Wildman–Crippen LogP) is 5.80. The highest BCUT2D eigenvalue weighted by Crippen LogP contribution is 2.29. The Labute approximate surface area is 185 Å². The summed E-state index contributed by atoms with van der Waals surface area (Å²) in [6.45, 7) is 3.32. The van der Waals surface area contributed by atoms with Crippen LogP contribution >= 0.6 is 11.3 Å². The van der Waals surface area contributed by atoms with Crippen LogP contribution in [0.2, 0.25) is 0 Å². The van der Waals surface area contributed by atoms with E-state index in [2.05, 4.69) is 15.6 Å². The van der Waals surface area contributed by atoms with E-state index in [-0.39, 0.29) is 17.1 Å². The number of nitrogens with zero attached hydrogens (tertiary/aromatic N) is 1. The number of benzene rings is 2. The van der Waals surface area contributed by atoms with Gasteiger partial charge in [0.1, 0.15) is 27.3 Å². The summed E-state index contributed by atoms with van der Waals surface area (Å²) in [5.74, 6) is -1.55. The van der Waals surface area contributed by atoms with Crippen molar-refractivity contribution in [2.75, 3.05) is 10.6 Å². The number of thiazole rings is 1. The zero-order valence-electron chi connectivity index (χ0n) is 17.0. The summed E-state index contributed by atoms with van der Waals surface area (Å²) in [5.41, 5.74) is 1.71. The molecule has 0 unspecified atom stereocenters. The molecule has 0 aliphatic carbocycles. The minimum absolute atomic E-state index is 0.0820. The van der Waals surface area contributed by atoms with E-state index in [4.69, 9.17) is 4.42 Å². The van der Waals surface area contributed by atoms with Gasteiger partial charge in [0.2, 0.25) is 0 Å². The second kappa shape index (κ2) is 8.72. The standard InChI is InChI=1S/C23H17F2N3O3S/c1-12-20(32-23(26-12)14-3-5-15(24)6-4-14)22(30)27-16-7-8-18(25)19(11-16)28-21(29)17-9-10-31-13(17)2/h3-11H,1-2H3,(H,27,30)(H,28,29). The Bertz CT molecular complexity index is 1310. The van der Waals surface area contributed by atoms with E-state index in [0.717, 1.165) is 17.4 Å². The minimum Gasteiger partial charge on any atom is -0.469 e. The van der Waals surface area contributed by atoms with Gasteiger partial charge in [0, 0.05) is 11.3 Å². The third-order valence-electron chi connectivity index (χ3n) is 4.67. The van der Waals surface area contributed by atoms with Crippen LogP contribution in [0.25, 0.3) is 10.6 Å². The lowest BCUT2D eigenvalue weighted by Gasteiger charge is -2.09. The average Bonchev–Trinajstić information content (AvgIpc) is 3.36. The number of carbonyl (C=O) groups excluding carboxylic acids is 2. The summed E-state index contributed by atoms with van der Waals surface area (Å²) >= 11 is 1.16. The molecule has 0 spiro atoms. The quantitative estimate of drug-likeness (QED) is 0.400. The summed E-state index contributed by atoms with van der Waals surface area (Å²) in [7, 11) is 0. The lowest BCUT2D eigenvalue weighted by Crippen LogP contribution is -2.15. The minimum atomic E-state index is -0.648. The van der Waals surface area contributed by atoms with Crippen molar-refractivity contribution in [1.82, 2.24) is 4.98 Å². The SMILES string of the molecule is Cc1nc(-c2ccc(F)cc2)sc1C(=O)Nc1ccc(F)c(NC(=O)c2ccoc2C)c1. The number of hydrogen-bond donors (Lipinski definition) is 2. The van der Waals surface area contributed by atoms with Gasteiger partial charge in [-0.3, -0.25) is 9.59 Å². The van der Waals surface area contributed by atoms with E-state index in [1.165, 1.54) is 36.6 Å². The molecule has 0 saturated carbocycles. The summed E-state index contributed by atoms with van der Waals surface area (Å²) in [4.78, 5) is 29.9. The Hall–Kier alpha value is -3.85. The Balaban J connectivity index is 1.52. The first-order chi connectivity index (χ1) is 15.3. The van der Waals surface area contributed by atoms with E-state index < -0.39 is 17.6 Å². The van der Waals surface area contributed by atoms with Crippen molar-refractivity contribution >= 4 is 34.5 Å². The van der Waals surface area contributed by atoms with Crippen molar-refractivity contribution in [2.45, 2.75) is 13.8 Å². The molecule has 0 aliphatic heterocycles. The molecule has 0 saturated heterocycles. The van der Waals surface area contributed by atoms with Crippen LogP contribution in [0.15, 0.2) is 59.2 Å². The molecule has 0 fully saturated rings. The van der Waals surface area contributed by atoms with Gasteiger partial charge in [0.25, 0.3) is 11.8 Å². The number of rotatable bonds is 5. The lowest BCUT2D eigenvalue weighted by atomic mass is 10.2. The molecule has 6 nitrogen and oxygen atoms in total. The predicted molar refractivity (Wildman–Crippen MR) is 118 cm³/mol. The van der Waals surface area contributed by atoms with Crippen LogP contribution in [-0.4, -0.2) is 16.8 Å². The molecule has 2 aromatic carbocycles. The van der Waals surface area contributed by atoms with Gasteiger partial charge in [-0.1, -0.05) is 0 Å². The summed E-state index contributed by atoms with van der Waals surface area (Å²) < 4.78 is 32.5. The third-order valence-corrected chi connectivity index (χ3v) is 5.88. The molecule has 2 heterocycles. The van der Waals surface area contributed by atoms with Gasteiger partial charge >= 0.3 is 0 Å². The number of nitrogens with one attached hydrogen (secondary N) is 2. The molecule has 0 atom stereocenters. The zero-order chi connectivity index (χ0) is 22.8. The topological polar surface area (TPSA) is 84.2 Å². The summed E-state index contributed by atoms with van der Waals surface area (Å²) in [6.07, 6.45) is 1.37. The van der Waals surface area contributed by atoms with Gasteiger partial charge in [0.15, 0.2) is 0 Å². The van der Waals surface area contributed by atoms with Gasteiger partial charge in [-0.25, -0.2) is 13.8 Å². The van der Waals surface area contributed by atoms with Crippen molar-refractivity contribution in [3.63, 3.8) is 0 Å². The number of anilines is 2. The fourth-order valence-electron chi connectivity index (χ4n) is 3.02. The van der Waals surface area contributed by atoms with Gasteiger partial charge in [0.05, 0.1) is 23.2 Å². The summed E-state index contributed by atoms with van der Waals surface area (Å²) in [6, 6.07) is 11.2. The number of furan rings is 1. The Morgan fingerprint density at radius 2 is 1.72 bits per heavy atom. The van der Waals surface area contributed by atoms with Gasteiger partial charge in [-0.05, 0) is 62.4 Å². The Morgan fingerprint density at radius 3 is 2.41 bits per heavy atom. The molecular weight excluding hydrogens is 436 g/mol. The van der Waals surface area contributed by atoms with E-state index in [9.17, 15) is 18.4 Å². The number of carbonyl (C=O) groups is 2. The molecule has 2 N–H and O–H groups in total. The molecule has 0 radical (unpaired) electrons. The van der Waals surface area contributed by atoms with Gasteiger partial charge in [-0.2, -0.15) is 0 Å². The van der Waals surface area contributed by atoms with Crippen LogP contribution in [-0.2, 0) is 0 Å². The van der Waals surface area contributed by atoms with Crippen LogP contribution in [0.5, 0.6) is 0 Å². The molecule has 2 aromatic heterocycles. The van der Waals surface area contributed by atoms with Crippen molar-refractivity contribution in [3.8, 4) is 10.6 Å². The number of amides is 2. The van der Waals surface area contributed by atoms with Crippen molar-refractivity contribution < 1.29 is 22.8 Å². The highest BCUT2D eigenvalue weighted by atomic mass is 32.1. The van der Waals surface area contributed by atoms with Gasteiger partial charge in [-0.15, -0.1) is 11.3 Å². The first kappa shape index (κ1) is 21.4. The maximum Gasteiger partial charge on any atom is 0.267 e. The van der Waals surface area contributed by atoms with E-state index in [0.29, 0.717) is 32.6 Å². The van der Waals surface area contributed by atoms with Crippen LogP contribution in [0.4, 0.5) is 20.2 Å². The maximum atomic E-state index is 14.2. The lowest BCUT2D eigenvalue weighted by molar-refractivity contribution is 0.101. The van der Waals surface area contributed by atoms with Crippen LogP contribution in [0.3, 0.4) is 0 Å². The molecule has 2 amide bonds. The number of aryl methyl sites for hydroxylation is 2. The van der Waals surface area contributed by atoms with Crippen molar-refractivity contribution in [2.24, 2.45) is 0 Å². The van der Waals surface area contributed by atoms with Crippen LogP contribution in [0.1, 0.15) is 31.5 Å². The molecule has 4 rings (SSSR count). The molecule has 162 valence electrons. The smallest absolute Gasteiger partial charge is 0.267 e. The molecule has 0 aliphatic rings. The maximum absolute atomic E-state index is 14.2. The average molecular weight is 453 g/mol. The van der Waals surface area contributed by atoms with Crippen molar-refractivity contribution in [3.05, 3.63) is 88.3 Å². The van der Waals surface area contributed by atoms with E-state index >= 15 is 0 Å². The number of halogens is 2. The fourth-order valence-corrected chi connectivity index (χ4v) is 3.99. The van der Waals surface area contributed by atoms with E-state index in [1.807, 2.05) is 0 Å². The first-order valence-corrected chi connectivity index (χ1v) is 10.3. The molecule has 9 heteroatoms. The highest BCUT2D eigenvalue weighted by molar-refractivity contribution is 7.17. The number of hydrogen-bond acceptors (Lipinski definition) is 5. The van der Waals surface area contributed by atoms with Crippen LogP contribution in [0, 0.1) is 25.5 Å². The number of aromatic nitrogens is 1. The second-order valence-corrected chi connectivity index (χ2v) is 7.93. The molecular formula is C23H17F2N3O3S.